The Balaban J connectivity index is 2.17. The molecule has 0 unspecified atom stereocenters. The molecule has 0 aliphatic rings. The van der Waals surface area contributed by atoms with Gasteiger partial charge in [-0.25, -0.2) is 4.79 Å². The molecule has 5 nitrogen and oxygen atoms in total. The minimum Gasteiger partial charge on any atom is -0.496 e. The fraction of sp³-hybridized carbons (Fsp3) is 0.0667. The molecule has 0 saturated carbocycles. The average Bonchev–Trinajstić information content (AvgIpc) is 2.53. The van der Waals surface area contributed by atoms with Crippen LogP contribution in [0.25, 0.3) is 0 Å². The van der Waals surface area contributed by atoms with Crippen molar-refractivity contribution in [3.8, 4) is 5.75 Å². The van der Waals surface area contributed by atoms with E-state index in [9.17, 15) is 4.79 Å². The Kier molecular flexibility index (Phi) is 4.79. The SMILES string of the molecule is COc1ccc(Cl)cc1C(=O)ON=C(N)c1ccccc1. The van der Waals surface area contributed by atoms with Crippen molar-refractivity contribution in [3.05, 3.63) is 64.7 Å². The second-order valence-electron chi connectivity index (χ2n) is 4.07. The van der Waals surface area contributed by atoms with Crippen molar-refractivity contribution in [2.24, 2.45) is 10.9 Å². The van der Waals surface area contributed by atoms with Crippen molar-refractivity contribution in [1.29, 1.82) is 0 Å². The van der Waals surface area contributed by atoms with Gasteiger partial charge in [-0.3, -0.25) is 0 Å². The Morgan fingerprint density at radius 1 is 1.19 bits per heavy atom. The maximum atomic E-state index is 12.0. The van der Waals surface area contributed by atoms with Gasteiger partial charge in [0, 0.05) is 10.6 Å². The van der Waals surface area contributed by atoms with E-state index in [4.69, 9.17) is 26.9 Å². The fourth-order valence-electron chi connectivity index (χ4n) is 1.64. The van der Waals surface area contributed by atoms with Crippen LogP contribution in [0.4, 0.5) is 0 Å². The number of methoxy groups -OCH3 is 1. The number of nitrogens with two attached hydrogens (primary N) is 1. The number of amidine groups is 1. The molecule has 2 aromatic carbocycles. The van der Waals surface area contributed by atoms with Crippen molar-refractivity contribution >= 4 is 23.4 Å². The van der Waals surface area contributed by atoms with Crippen LogP contribution in [0, 0.1) is 0 Å². The number of carbonyl (C=O) groups is 1. The van der Waals surface area contributed by atoms with Crippen LogP contribution >= 0.6 is 11.6 Å². The van der Waals surface area contributed by atoms with Gasteiger partial charge in [-0.05, 0) is 18.2 Å². The highest BCUT2D eigenvalue weighted by atomic mass is 35.5. The fourth-order valence-corrected chi connectivity index (χ4v) is 1.81. The van der Waals surface area contributed by atoms with Gasteiger partial charge in [0.2, 0.25) is 0 Å². The third-order valence-corrected chi connectivity index (χ3v) is 2.91. The number of hydrogen-bond donors (Lipinski definition) is 1. The van der Waals surface area contributed by atoms with Crippen LogP contribution in [0.3, 0.4) is 0 Å². The standard InChI is InChI=1S/C15H13ClN2O3/c1-20-13-8-7-11(16)9-12(13)15(19)21-18-14(17)10-5-3-2-4-6-10/h2-9H,1H3,(H2,17,18). The monoisotopic (exact) mass is 304 g/mol. The lowest BCUT2D eigenvalue weighted by molar-refractivity contribution is 0.0512. The Labute approximate surface area is 126 Å². The number of benzene rings is 2. The summed E-state index contributed by atoms with van der Waals surface area (Å²) in [5.41, 5.74) is 6.57. The van der Waals surface area contributed by atoms with E-state index in [0.717, 1.165) is 0 Å². The minimum absolute atomic E-state index is 0.102. The summed E-state index contributed by atoms with van der Waals surface area (Å²) in [5, 5.41) is 4.01. The van der Waals surface area contributed by atoms with Gasteiger partial charge in [-0.2, -0.15) is 0 Å². The van der Waals surface area contributed by atoms with Gasteiger partial charge in [0.05, 0.1) is 7.11 Å². The normalized spacial score (nSPS) is 11.0. The largest absolute Gasteiger partial charge is 0.496 e. The van der Waals surface area contributed by atoms with Gasteiger partial charge >= 0.3 is 5.97 Å². The highest BCUT2D eigenvalue weighted by Gasteiger charge is 2.15. The third kappa shape index (κ3) is 3.73. The molecule has 2 rings (SSSR count). The molecule has 0 aliphatic carbocycles. The highest BCUT2D eigenvalue weighted by Crippen LogP contribution is 2.23. The highest BCUT2D eigenvalue weighted by molar-refractivity contribution is 6.31. The van der Waals surface area contributed by atoms with E-state index in [2.05, 4.69) is 5.16 Å². The summed E-state index contributed by atoms with van der Waals surface area (Å²) < 4.78 is 5.07. The Morgan fingerprint density at radius 3 is 2.57 bits per heavy atom. The zero-order valence-electron chi connectivity index (χ0n) is 11.2. The number of ether oxygens (including phenoxy) is 1. The molecule has 0 aromatic heterocycles. The van der Waals surface area contributed by atoms with Crippen LogP contribution in [0.5, 0.6) is 5.75 Å². The molecule has 0 saturated heterocycles. The maximum Gasteiger partial charge on any atom is 0.369 e. The van der Waals surface area contributed by atoms with Crippen molar-refractivity contribution in [1.82, 2.24) is 0 Å². The van der Waals surface area contributed by atoms with Gasteiger partial charge in [0.15, 0.2) is 5.84 Å². The van der Waals surface area contributed by atoms with E-state index in [-0.39, 0.29) is 11.4 Å². The molecular formula is C15H13ClN2O3. The summed E-state index contributed by atoms with van der Waals surface area (Å²) in [6.07, 6.45) is 0. The molecule has 108 valence electrons. The van der Waals surface area contributed by atoms with Crippen LogP contribution in [-0.2, 0) is 4.84 Å². The molecule has 6 heteroatoms. The predicted octanol–water partition coefficient (Wildman–Crippen LogP) is 2.83. The molecule has 0 amide bonds. The van der Waals surface area contributed by atoms with Gasteiger partial charge < -0.3 is 15.3 Å². The topological polar surface area (TPSA) is 73.9 Å². The first kappa shape index (κ1) is 14.9. The first-order valence-electron chi connectivity index (χ1n) is 6.05. The second-order valence-corrected chi connectivity index (χ2v) is 4.50. The molecule has 21 heavy (non-hydrogen) atoms. The first-order valence-corrected chi connectivity index (χ1v) is 6.43. The van der Waals surface area contributed by atoms with Crippen molar-refractivity contribution in [2.75, 3.05) is 7.11 Å². The Hall–Kier alpha value is -2.53. The van der Waals surface area contributed by atoms with Crippen molar-refractivity contribution in [2.45, 2.75) is 0 Å². The molecule has 0 spiro atoms. The molecule has 2 N–H and O–H groups in total. The number of oxime groups is 1. The molecule has 0 radical (unpaired) electrons. The Morgan fingerprint density at radius 2 is 1.90 bits per heavy atom. The molecule has 0 atom stereocenters. The lowest BCUT2D eigenvalue weighted by atomic mass is 10.2. The number of rotatable bonds is 4. The lowest BCUT2D eigenvalue weighted by Gasteiger charge is -2.06. The zero-order chi connectivity index (χ0) is 15.2. The van der Waals surface area contributed by atoms with Crippen LogP contribution in [0.2, 0.25) is 5.02 Å². The second kappa shape index (κ2) is 6.76. The molecule has 0 fully saturated rings. The summed E-state index contributed by atoms with van der Waals surface area (Å²) in [5.74, 6) is -0.254. The van der Waals surface area contributed by atoms with E-state index in [1.165, 1.54) is 13.2 Å². The predicted molar refractivity (Wildman–Crippen MR) is 80.6 cm³/mol. The third-order valence-electron chi connectivity index (χ3n) is 2.68. The van der Waals surface area contributed by atoms with E-state index in [1.807, 2.05) is 6.07 Å². The van der Waals surface area contributed by atoms with Gasteiger partial charge in [-0.1, -0.05) is 47.1 Å². The van der Waals surface area contributed by atoms with Gasteiger partial charge in [0.25, 0.3) is 0 Å². The maximum absolute atomic E-state index is 12.0. The summed E-state index contributed by atoms with van der Waals surface area (Å²) in [4.78, 5) is 16.8. The first-order chi connectivity index (χ1) is 10.1. The van der Waals surface area contributed by atoms with Gasteiger partial charge in [0.1, 0.15) is 11.3 Å². The van der Waals surface area contributed by atoms with Crippen LogP contribution in [0.15, 0.2) is 53.7 Å². The number of carbonyl (C=O) groups excluding carboxylic acids is 1. The number of nitrogens with zero attached hydrogens (tertiary/aromatic N) is 1. The van der Waals surface area contributed by atoms with Crippen LogP contribution in [-0.4, -0.2) is 18.9 Å². The number of halogens is 1. The Bertz CT molecular complexity index is 672. The molecule has 0 aliphatic heterocycles. The summed E-state index contributed by atoms with van der Waals surface area (Å²) >= 11 is 5.85. The van der Waals surface area contributed by atoms with Gasteiger partial charge in [-0.15, -0.1) is 0 Å². The quantitative estimate of drug-likeness (QED) is 0.408. The summed E-state index contributed by atoms with van der Waals surface area (Å²) in [7, 11) is 1.45. The molecule has 0 bridgehead atoms. The van der Waals surface area contributed by atoms with Crippen LogP contribution in [0.1, 0.15) is 15.9 Å². The van der Waals surface area contributed by atoms with Crippen molar-refractivity contribution < 1.29 is 14.4 Å². The lowest BCUT2D eigenvalue weighted by Crippen LogP contribution is -2.15. The minimum atomic E-state index is -0.701. The average molecular weight is 305 g/mol. The van der Waals surface area contributed by atoms with Crippen molar-refractivity contribution in [3.63, 3.8) is 0 Å². The molecular weight excluding hydrogens is 292 g/mol. The summed E-state index contributed by atoms with van der Waals surface area (Å²) in [6.45, 7) is 0. The zero-order valence-corrected chi connectivity index (χ0v) is 12.0. The smallest absolute Gasteiger partial charge is 0.369 e. The summed E-state index contributed by atoms with van der Waals surface area (Å²) in [6, 6.07) is 13.6. The van der Waals surface area contributed by atoms with E-state index >= 15 is 0 Å². The molecule has 2 aromatic rings. The molecule has 0 heterocycles. The number of hydrogen-bond acceptors (Lipinski definition) is 4. The van der Waals surface area contributed by atoms with Crippen LogP contribution < -0.4 is 10.5 Å². The van der Waals surface area contributed by atoms with E-state index in [0.29, 0.717) is 16.3 Å². The van der Waals surface area contributed by atoms with E-state index in [1.54, 1.807) is 36.4 Å². The van der Waals surface area contributed by atoms with E-state index < -0.39 is 5.97 Å².